The average Bonchev–Trinajstić information content (AvgIpc) is 2.83. The maximum atomic E-state index is 14.4. The third kappa shape index (κ3) is 5.39. The number of nitrogens with zero attached hydrogens (tertiary/aromatic N) is 3. The zero-order valence-corrected chi connectivity index (χ0v) is 19.1. The van der Waals surface area contributed by atoms with Crippen LogP contribution in [0.5, 0.6) is 11.5 Å². The number of aromatic nitrogens is 2. The second-order valence-corrected chi connectivity index (χ2v) is 8.36. The Hall–Kier alpha value is -3.26. The van der Waals surface area contributed by atoms with Crippen molar-refractivity contribution in [1.29, 1.82) is 0 Å². The number of hydrogen-bond acceptors (Lipinski definition) is 6. The molecule has 1 aliphatic rings. The Morgan fingerprint density at radius 3 is 2.36 bits per heavy atom. The topological polar surface area (TPSA) is 59.5 Å². The first kappa shape index (κ1) is 22.9. The van der Waals surface area contributed by atoms with E-state index in [0.29, 0.717) is 17.6 Å². The lowest BCUT2D eigenvalue weighted by atomic mass is 9.89. The highest BCUT2D eigenvalue weighted by Gasteiger charge is 2.19. The number of aryl methyl sites for hydroxylation is 1. The molecule has 1 aliphatic heterocycles. The fraction of sp³-hybridized carbons (Fsp3) is 0.360. The summed E-state index contributed by atoms with van der Waals surface area (Å²) in [5, 5.41) is 3.16. The fourth-order valence-corrected chi connectivity index (χ4v) is 4.00. The molecular weight excluding hydrogens is 426 g/mol. The molecule has 0 aliphatic carbocycles. The number of nitrogens with one attached hydrogen (secondary N) is 1. The molecule has 1 aromatic heterocycles. The van der Waals surface area contributed by atoms with Gasteiger partial charge in [0.25, 0.3) is 0 Å². The highest BCUT2D eigenvalue weighted by atomic mass is 19.1. The summed E-state index contributed by atoms with van der Waals surface area (Å²) >= 11 is 0. The fourth-order valence-electron chi connectivity index (χ4n) is 4.00. The van der Waals surface area contributed by atoms with Crippen LogP contribution < -0.4 is 14.8 Å². The van der Waals surface area contributed by atoms with Crippen LogP contribution in [-0.2, 0) is 6.61 Å². The zero-order chi connectivity index (χ0) is 23.4. The lowest BCUT2D eigenvalue weighted by Crippen LogP contribution is -2.29. The van der Waals surface area contributed by atoms with Crippen LogP contribution in [0.1, 0.15) is 35.4 Å². The number of rotatable bonds is 7. The number of ether oxygens (including phenoxy) is 2. The van der Waals surface area contributed by atoms with E-state index in [1.807, 2.05) is 12.1 Å². The van der Waals surface area contributed by atoms with Gasteiger partial charge in [0.2, 0.25) is 5.95 Å². The van der Waals surface area contributed by atoms with Crippen molar-refractivity contribution in [2.24, 2.45) is 0 Å². The second kappa shape index (κ2) is 10.1. The Morgan fingerprint density at radius 2 is 1.73 bits per heavy atom. The molecule has 0 bridgehead atoms. The molecule has 8 heteroatoms. The molecule has 2 heterocycles. The van der Waals surface area contributed by atoms with Crippen LogP contribution in [0.2, 0.25) is 0 Å². The van der Waals surface area contributed by atoms with Crippen LogP contribution >= 0.6 is 0 Å². The van der Waals surface area contributed by atoms with E-state index in [4.69, 9.17) is 9.47 Å². The maximum Gasteiger partial charge on any atom is 0.227 e. The van der Waals surface area contributed by atoms with E-state index in [1.165, 1.54) is 44.0 Å². The monoisotopic (exact) mass is 454 g/mol. The summed E-state index contributed by atoms with van der Waals surface area (Å²) in [5.74, 6) is -0.141. The number of likely N-dealkylation sites (tertiary alicyclic amines) is 1. The predicted molar refractivity (Wildman–Crippen MR) is 123 cm³/mol. The summed E-state index contributed by atoms with van der Waals surface area (Å²) in [5.41, 5.74) is 2.32. The predicted octanol–water partition coefficient (Wildman–Crippen LogP) is 5.20. The van der Waals surface area contributed by atoms with Crippen molar-refractivity contribution in [3.05, 3.63) is 71.1 Å². The van der Waals surface area contributed by atoms with Crippen LogP contribution in [0.3, 0.4) is 0 Å². The zero-order valence-electron chi connectivity index (χ0n) is 19.1. The first-order chi connectivity index (χ1) is 15.9. The highest BCUT2D eigenvalue weighted by Crippen LogP contribution is 2.29. The molecule has 0 saturated carbocycles. The van der Waals surface area contributed by atoms with Crippen molar-refractivity contribution < 1.29 is 18.3 Å². The van der Waals surface area contributed by atoms with Gasteiger partial charge in [-0.05, 0) is 75.1 Å². The second-order valence-electron chi connectivity index (χ2n) is 8.36. The van der Waals surface area contributed by atoms with Gasteiger partial charge in [0.15, 0.2) is 17.3 Å². The molecule has 0 amide bonds. The van der Waals surface area contributed by atoms with Crippen LogP contribution in [0.25, 0.3) is 0 Å². The summed E-state index contributed by atoms with van der Waals surface area (Å²) in [4.78, 5) is 10.8. The largest absolute Gasteiger partial charge is 0.494 e. The van der Waals surface area contributed by atoms with Gasteiger partial charge >= 0.3 is 0 Å². The molecule has 0 spiro atoms. The molecule has 0 atom stereocenters. The van der Waals surface area contributed by atoms with Crippen LogP contribution in [-0.4, -0.2) is 42.1 Å². The van der Waals surface area contributed by atoms with Gasteiger partial charge in [-0.3, -0.25) is 0 Å². The average molecular weight is 455 g/mol. The van der Waals surface area contributed by atoms with E-state index in [2.05, 4.69) is 39.4 Å². The smallest absolute Gasteiger partial charge is 0.227 e. The Balaban J connectivity index is 1.36. The number of halogens is 2. The molecule has 0 radical (unpaired) electrons. The third-order valence-corrected chi connectivity index (χ3v) is 6.03. The molecule has 33 heavy (non-hydrogen) atoms. The Morgan fingerprint density at radius 1 is 1.06 bits per heavy atom. The molecule has 174 valence electrons. The van der Waals surface area contributed by atoms with Gasteiger partial charge < -0.3 is 19.7 Å². The Labute approximate surface area is 192 Å². The number of benzene rings is 2. The summed E-state index contributed by atoms with van der Waals surface area (Å²) in [7, 11) is 3.50. The van der Waals surface area contributed by atoms with E-state index in [0.717, 1.165) is 18.8 Å². The summed E-state index contributed by atoms with van der Waals surface area (Å²) in [6.45, 7) is 3.50. The number of methoxy groups -OCH3 is 1. The number of hydrogen-bond donors (Lipinski definition) is 1. The SMILES string of the molecule is COc1cc(C)c(F)c(COc2cnc(Nc3ccc(C4CCN(C)CC4)cc3)nc2)c1F. The third-order valence-electron chi connectivity index (χ3n) is 6.03. The van der Waals surface area contributed by atoms with Crippen LogP contribution in [0, 0.1) is 18.6 Å². The van der Waals surface area contributed by atoms with E-state index in [9.17, 15) is 8.78 Å². The lowest BCUT2D eigenvalue weighted by molar-refractivity contribution is 0.255. The standard InChI is InChI=1S/C25H28F2N4O2/c1-16-12-22(32-3)24(27)21(23(16)26)15-33-20-13-28-25(29-14-20)30-19-6-4-17(5-7-19)18-8-10-31(2)11-9-18/h4-7,12-14,18H,8-11,15H2,1-3H3,(H,28,29,30). The van der Waals surface area contributed by atoms with Gasteiger partial charge in [0.1, 0.15) is 12.4 Å². The van der Waals surface area contributed by atoms with E-state index >= 15 is 0 Å². The van der Waals surface area contributed by atoms with Gasteiger partial charge in [-0.2, -0.15) is 0 Å². The molecule has 4 rings (SSSR count). The van der Waals surface area contributed by atoms with Gasteiger partial charge in [-0.15, -0.1) is 0 Å². The maximum absolute atomic E-state index is 14.4. The van der Waals surface area contributed by atoms with Gasteiger partial charge in [0, 0.05) is 5.69 Å². The molecule has 3 aromatic rings. The first-order valence-electron chi connectivity index (χ1n) is 11.0. The summed E-state index contributed by atoms with van der Waals surface area (Å²) in [6, 6.07) is 9.66. The lowest BCUT2D eigenvalue weighted by Gasteiger charge is -2.29. The van der Waals surface area contributed by atoms with Crippen molar-refractivity contribution >= 4 is 11.6 Å². The summed E-state index contributed by atoms with van der Waals surface area (Å²) < 4.78 is 39.2. The van der Waals surface area contributed by atoms with Crippen molar-refractivity contribution in [2.45, 2.75) is 32.3 Å². The van der Waals surface area contributed by atoms with E-state index in [-0.39, 0.29) is 23.5 Å². The quantitative estimate of drug-likeness (QED) is 0.529. The minimum atomic E-state index is -0.775. The minimum Gasteiger partial charge on any atom is -0.494 e. The van der Waals surface area contributed by atoms with Crippen LogP contribution in [0.15, 0.2) is 42.7 Å². The number of anilines is 2. The molecule has 1 saturated heterocycles. The molecule has 1 fully saturated rings. The molecule has 0 unspecified atom stereocenters. The van der Waals surface area contributed by atoms with Crippen molar-refractivity contribution in [3.63, 3.8) is 0 Å². The van der Waals surface area contributed by atoms with Crippen molar-refractivity contribution in [1.82, 2.24) is 14.9 Å². The normalized spacial score (nSPS) is 14.8. The Bertz CT molecular complexity index is 1080. The highest BCUT2D eigenvalue weighted by molar-refractivity contribution is 5.54. The van der Waals surface area contributed by atoms with Crippen molar-refractivity contribution in [2.75, 3.05) is 32.6 Å². The minimum absolute atomic E-state index is 0.0230. The molecule has 2 aromatic carbocycles. The molecular formula is C25H28F2N4O2. The number of piperidine rings is 1. The first-order valence-corrected chi connectivity index (χ1v) is 11.0. The van der Waals surface area contributed by atoms with Gasteiger partial charge in [-0.25, -0.2) is 18.7 Å². The molecule has 1 N–H and O–H groups in total. The van der Waals surface area contributed by atoms with Gasteiger partial charge in [-0.1, -0.05) is 12.1 Å². The van der Waals surface area contributed by atoms with Gasteiger partial charge in [0.05, 0.1) is 25.1 Å². The Kier molecular flexibility index (Phi) is 7.03. The van der Waals surface area contributed by atoms with Crippen LogP contribution in [0.4, 0.5) is 20.4 Å². The van der Waals surface area contributed by atoms with E-state index in [1.54, 1.807) is 6.92 Å². The van der Waals surface area contributed by atoms with E-state index < -0.39 is 11.6 Å². The molecule has 6 nitrogen and oxygen atoms in total. The van der Waals surface area contributed by atoms with Crippen molar-refractivity contribution in [3.8, 4) is 11.5 Å². The summed E-state index contributed by atoms with van der Waals surface area (Å²) in [6.07, 6.45) is 5.28.